The van der Waals surface area contributed by atoms with E-state index in [-0.39, 0.29) is 6.61 Å². The summed E-state index contributed by atoms with van der Waals surface area (Å²) >= 11 is 6.03. The first-order chi connectivity index (χ1) is 7.95. The monoisotopic (exact) mass is 259 g/mol. The Hall–Kier alpha value is -0.910. The van der Waals surface area contributed by atoms with Crippen LogP contribution in [0.4, 0.5) is 5.82 Å². The van der Waals surface area contributed by atoms with Gasteiger partial charge >= 0.3 is 0 Å². The number of methoxy groups -OCH3 is 1. The van der Waals surface area contributed by atoms with Gasteiger partial charge in [0.15, 0.2) is 11.0 Å². The van der Waals surface area contributed by atoms with Gasteiger partial charge in [-0.05, 0) is 13.8 Å². The highest BCUT2D eigenvalue weighted by molar-refractivity contribution is 6.31. The molecule has 0 bridgehead atoms. The molecule has 0 saturated carbocycles. The number of aliphatic hydroxyl groups is 1. The SMILES string of the molecule is COCC(O)CN(C)c1nc(C)c(C)nc1Cl. The molecular weight excluding hydrogens is 242 g/mol. The van der Waals surface area contributed by atoms with E-state index >= 15 is 0 Å². The number of aryl methyl sites for hydroxylation is 2. The average Bonchev–Trinajstić information content (AvgIpc) is 2.23. The Bertz CT molecular complexity index is 387. The lowest BCUT2D eigenvalue weighted by atomic mass is 10.3. The molecule has 0 aliphatic heterocycles. The van der Waals surface area contributed by atoms with E-state index in [1.807, 2.05) is 20.9 Å². The molecule has 0 spiro atoms. The van der Waals surface area contributed by atoms with Gasteiger partial charge in [-0.25, -0.2) is 9.97 Å². The topological polar surface area (TPSA) is 58.5 Å². The summed E-state index contributed by atoms with van der Waals surface area (Å²) in [6.45, 7) is 4.41. The molecule has 5 nitrogen and oxygen atoms in total. The van der Waals surface area contributed by atoms with Gasteiger partial charge in [-0.2, -0.15) is 0 Å². The molecule has 96 valence electrons. The minimum absolute atomic E-state index is 0.278. The lowest BCUT2D eigenvalue weighted by molar-refractivity contribution is 0.0694. The highest BCUT2D eigenvalue weighted by atomic mass is 35.5. The normalized spacial score (nSPS) is 12.6. The molecule has 1 aromatic heterocycles. The van der Waals surface area contributed by atoms with Crippen molar-refractivity contribution in [2.24, 2.45) is 0 Å². The van der Waals surface area contributed by atoms with Crippen molar-refractivity contribution in [3.63, 3.8) is 0 Å². The van der Waals surface area contributed by atoms with Gasteiger partial charge in [-0.3, -0.25) is 0 Å². The Balaban J connectivity index is 2.81. The zero-order valence-corrected chi connectivity index (χ0v) is 11.3. The maximum Gasteiger partial charge on any atom is 0.171 e. The molecule has 1 rings (SSSR count). The van der Waals surface area contributed by atoms with Crippen LogP contribution < -0.4 is 4.90 Å². The van der Waals surface area contributed by atoms with Crippen molar-refractivity contribution in [3.8, 4) is 0 Å². The van der Waals surface area contributed by atoms with Crippen molar-refractivity contribution in [3.05, 3.63) is 16.5 Å². The Kier molecular flexibility index (Phi) is 5.11. The van der Waals surface area contributed by atoms with Gasteiger partial charge in [-0.15, -0.1) is 0 Å². The summed E-state index contributed by atoms with van der Waals surface area (Å²) in [7, 11) is 3.36. The second-order valence-corrected chi connectivity index (χ2v) is 4.36. The highest BCUT2D eigenvalue weighted by Gasteiger charge is 2.14. The number of ether oxygens (including phenoxy) is 1. The number of hydrogen-bond acceptors (Lipinski definition) is 5. The minimum Gasteiger partial charge on any atom is -0.389 e. The number of halogens is 1. The summed E-state index contributed by atoms with van der Waals surface area (Å²) in [6.07, 6.45) is -0.579. The Morgan fingerprint density at radius 1 is 1.35 bits per heavy atom. The summed E-state index contributed by atoms with van der Waals surface area (Å²) in [5, 5.41) is 9.99. The quantitative estimate of drug-likeness (QED) is 0.861. The van der Waals surface area contributed by atoms with Crippen LogP contribution >= 0.6 is 11.6 Å². The molecule has 6 heteroatoms. The number of nitrogens with zero attached hydrogens (tertiary/aromatic N) is 3. The Labute approximate surface area is 106 Å². The van der Waals surface area contributed by atoms with Crippen LogP contribution in [0.3, 0.4) is 0 Å². The molecule has 1 unspecified atom stereocenters. The Morgan fingerprint density at radius 2 is 1.94 bits per heavy atom. The summed E-state index contributed by atoms with van der Waals surface area (Å²) in [6, 6.07) is 0. The van der Waals surface area contributed by atoms with E-state index < -0.39 is 6.10 Å². The van der Waals surface area contributed by atoms with E-state index in [2.05, 4.69) is 9.97 Å². The van der Waals surface area contributed by atoms with Crippen LogP contribution in [0.5, 0.6) is 0 Å². The molecule has 0 amide bonds. The van der Waals surface area contributed by atoms with E-state index in [0.717, 1.165) is 11.4 Å². The molecule has 0 radical (unpaired) electrons. The molecule has 1 aromatic rings. The molecule has 0 fully saturated rings. The lowest BCUT2D eigenvalue weighted by Crippen LogP contribution is -2.32. The number of rotatable bonds is 5. The molecule has 1 heterocycles. The van der Waals surface area contributed by atoms with Gasteiger partial charge in [-0.1, -0.05) is 11.6 Å². The van der Waals surface area contributed by atoms with Crippen LogP contribution in [0.25, 0.3) is 0 Å². The number of anilines is 1. The summed E-state index contributed by atoms with van der Waals surface area (Å²) < 4.78 is 4.87. The van der Waals surface area contributed by atoms with Crippen molar-refractivity contribution in [1.82, 2.24) is 9.97 Å². The van der Waals surface area contributed by atoms with E-state index in [4.69, 9.17) is 16.3 Å². The third-order valence-corrected chi connectivity index (χ3v) is 2.71. The molecule has 0 aromatic carbocycles. The average molecular weight is 260 g/mol. The van der Waals surface area contributed by atoms with Crippen LogP contribution in [0.2, 0.25) is 5.15 Å². The van der Waals surface area contributed by atoms with Crippen LogP contribution in [0, 0.1) is 13.8 Å². The zero-order valence-electron chi connectivity index (χ0n) is 10.6. The van der Waals surface area contributed by atoms with Crippen LogP contribution in [0.1, 0.15) is 11.4 Å². The Morgan fingerprint density at radius 3 is 2.53 bits per heavy atom. The second kappa shape index (κ2) is 6.14. The fourth-order valence-corrected chi connectivity index (χ4v) is 1.77. The van der Waals surface area contributed by atoms with Crippen molar-refractivity contribution < 1.29 is 9.84 Å². The first kappa shape index (κ1) is 14.2. The summed E-state index contributed by atoms with van der Waals surface area (Å²) in [4.78, 5) is 10.3. The van der Waals surface area contributed by atoms with E-state index in [1.54, 1.807) is 12.0 Å². The van der Waals surface area contributed by atoms with E-state index in [1.165, 1.54) is 0 Å². The van der Waals surface area contributed by atoms with E-state index in [0.29, 0.717) is 17.5 Å². The number of aliphatic hydroxyl groups excluding tert-OH is 1. The smallest absolute Gasteiger partial charge is 0.171 e. The minimum atomic E-state index is -0.579. The third-order valence-electron chi connectivity index (χ3n) is 2.45. The maximum absolute atomic E-state index is 9.64. The lowest BCUT2D eigenvalue weighted by Gasteiger charge is -2.22. The van der Waals surface area contributed by atoms with Crippen molar-refractivity contribution >= 4 is 17.4 Å². The largest absolute Gasteiger partial charge is 0.389 e. The molecule has 0 aliphatic carbocycles. The standard InChI is InChI=1S/C11H18ClN3O2/c1-7-8(2)14-11(10(12)13-7)15(3)5-9(16)6-17-4/h9,16H,5-6H2,1-4H3. The van der Waals surface area contributed by atoms with Gasteiger partial charge in [0.2, 0.25) is 0 Å². The van der Waals surface area contributed by atoms with Crippen LogP contribution in [0.15, 0.2) is 0 Å². The fourth-order valence-electron chi connectivity index (χ4n) is 1.45. The van der Waals surface area contributed by atoms with Gasteiger partial charge in [0, 0.05) is 20.7 Å². The molecule has 1 N–H and O–H groups in total. The predicted molar refractivity (Wildman–Crippen MR) is 67.7 cm³/mol. The predicted octanol–water partition coefficient (Wildman–Crippen LogP) is 1.19. The second-order valence-electron chi connectivity index (χ2n) is 4.00. The molecular formula is C11H18ClN3O2. The van der Waals surface area contributed by atoms with Gasteiger partial charge in [0.05, 0.1) is 24.1 Å². The molecule has 1 atom stereocenters. The summed E-state index contributed by atoms with van der Waals surface area (Å²) in [5.74, 6) is 0.574. The fraction of sp³-hybridized carbons (Fsp3) is 0.636. The zero-order chi connectivity index (χ0) is 13.0. The van der Waals surface area contributed by atoms with Crippen molar-refractivity contribution in [2.45, 2.75) is 20.0 Å². The molecule has 0 aliphatic rings. The maximum atomic E-state index is 9.64. The first-order valence-corrected chi connectivity index (χ1v) is 5.72. The molecule has 0 saturated heterocycles. The highest BCUT2D eigenvalue weighted by Crippen LogP contribution is 2.21. The van der Waals surface area contributed by atoms with Crippen LogP contribution in [-0.2, 0) is 4.74 Å². The first-order valence-electron chi connectivity index (χ1n) is 5.34. The number of aromatic nitrogens is 2. The molecule has 17 heavy (non-hydrogen) atoms. The van der Waals surface area contributed by atoms with Gasteiger partial charge < -0.3 is 14.7 Å². The number of likely N-dealkylation sites (N-methyl/N-ethyl adjacent to an activating group) is 1. The van der Waals surface area contributed by atoms with Gasteiger partial charge in [0.1, 0.15) is 0 Å². The number of hydrogen-bond donors (Lipinski definition) is 1. The van der Waals surface area contributed by atoms with Crippen LogP contribution in [-0.4, -0.2) is 48.5 Å². The van der Waals surface area contributed by atoms with E-state index in [9.17, 15) is 5.11 Å². The van der Waals surface area contributed by atoms with Gasteiger partial charge in [0.25, 0.3) is 0 Å². The van der Waals surface area contributed by atoms with Crippen molar-refractivity contribution in [1.29, 1.82) is 0 Å². The summed E-state index contributed by atoms with van der Waals surface area (Å²) in [5.41, 5.74) is 1.64. The third kappa shape index (κ3) is 3.80. The van der Waals surface area contributed by atoms with Crippen molar-refractivity contribution in [2.75, 3.05) is 32.2 Å².